The summed E-state index contributed by atoms with van der Waals surface area (Å²) in [6, 6.07) is 5.54. The minimum absolute atomic E-state index is 0.0658. The normalized spacial score (nSPS) is 12.3. The molecule has 26 heavy (non-hydrogen) atoms. The molecule has 11 heteroatoms. The SMILES string of the molecule is O=c1cc(C(F)(F)F)c2ccc(OS(=O)(=O)c3ccc(Cl)nc3)cc2o1. The second kappa shape index (κ2) is 6.29. The van der Waals surface area contributed by atoms with E-state index in [9.17, 15) is 26.4 Å². The Balaban J connectivity index is 2.05. The smallest absolute Gasteiger partial charge is 0.417 e. The Morgan fingerprint density at radius 1 is 1.12 bits per heavy atom. The molecule has 1 aromatic carbocycles. The highest BCUT2D eigenvalue weighted by molar-refractivity contribution is 7.87. The van der Waals surface area contributed by atoms with Crippen molar-refractivity contribution >= 4 is 32.7 Å². The summed E-state index contributed by atoms with van der Waals surface area (Å²) in [7, 11) is -4.31. The van der Waals surface area contributed by atoms with Crippen LogP contribution in [0.5, 0.6) is 5.75 Å². The summed E-state index contributed by atoms with van der Waals surface area (Å²) in [6.07, 6.45) is -3.82. The van der Waals surface area contributed by atoms with E-state index in [1.54, 1.807) is 0 Å². The summed E-state index contributed by atoms with van der Waals surface area (Å²) in [5.41, 5.74) is -2.89. The minimum atomic E-state index is -4.78. The summed E-state index contributed by atoms with van der Waals surface area (Å²) in [4.78, 5) is 14.7. The molecule has 3 aromatic rings. The van der Waals surface area contributed by atoms with E-state index in [2.05, 4.69) is 4.98 Å². The minimum Gasteiger partial charge on any atom is -0.423 e. The average molecular weight is 406 g/mol. The molecular weight excluding hydrogens is 399 g/mol. The van der Waals surface area contributed by atoms with Crippen molar-refractivity contribution in [3.05, 3.63) is 63.7 Å². The number of halogens is 4. The Morgan fingerprint density at radius 3 is 2.46 bits per heavy atom. The molecule has 0 bridgehead atoms. The molecule has 3 rings (SSSR count). The van der Waals surface area contributed by atoms with Crippen molar-refractivity contribution in [2.45, 2.75) is 11.1 Å². The summed E-state index contributed by atoms with van der Waals surface area (Å²) >= 11 is 5.57. The Kier molecular flexibility index (Phi) is 4.41. The van der Waals surface area contributed by atoms with Gasteiger partial charge in [-0.05, 0) is 24.3 Å². The Morgan fingerprint density at radius 2 is 1.85 bits per heavy atom. The second-order valence-electron chi connectivity index (χ2n) is 4.99. The molecule has 2 heterocycles. The molecule has 0 saturated heterocycles. The van der Waals surface area contributed by atoms with Gasteiger partial charge in [0.2, 0.25) is 0 Å². The van der Waals surface area contributed by atoms with Gasteiger partial charge < -0.3 is 8.60 Å². The van der Waals surface area contributed by atoms with Gasteiger partial charge in [0, 0.05) is 17.5 Å². The van der Waals surface area contributed by atoms with Crippen LogP contribution in [0.25, 0.3) is 11.0 Å². The van der Waals surface area contributed by atoms with Gasteiger partial charge in [-0.25, -0.2) is 9.78 Å². The van der Waals surface area contributed by atoms with Crippen molar-refractivity contribution < 1.29 is 30.2 Å². The number of benzene rings is 1. The third kappa shape index (κ3) is 3.65. The molecule has 2 aromatic heterocycles. The molecule has 0 N–H and O–H groups in total. The van der Waals surface area contributed by atoms with Gasteiger partial charge in [0.05, 0.1) is 11.8 Å². The number of hydrogen-bond donors (Lipinski definition) is 0. The third-order valence-corrected chi connectivity index (χ3v) is 4.67. The second-order valence-corrected chi connectivity index (χ2v) is 6.92. The summed E-state index contributed by atoms with van der Waals surface area (Å²) < 4.78 is 72.9. The fourth-order valence-electron chi connectivity index (χ4n) is 2.11. The van der Waals surface area contributed by atoms with Crippen LogP contribution in [0.1, 0.15) is 5.56 Å². The lowest BCUT2D eigenvalue weighted by molar-refractivity contribution is -0.136. The lowest BCUT2D eigenvalue weighted by atomic mass is 10.1. The summed E-state index contributed by atoms with van der Waals surface area (Å²) in [5, 5.41) is -0.342. The van der Waals surface area contributed by atoms with Gasteiger partial charge in [0.15, 0.2) is 0 Å². The Hall–Kier alpha value is -2.59. The van der Waals surface area contributed by atoms with Crippen molar-refractivity contribution in [3.63, 3.8) is 0 Å². The molecule has 0 aliphatic heterocycles. The van der Waals surface area contributed by atoms with Crippen molar-refractivity contribution in [1.82, 2.24) is 4.98 Å². The van der Waals surface area contributed by atoms with Gasteiger partial charge in [-0.3, -0.25) is 0 Å². The maximum Gasteiger partial charge on any atom is 0.417 e. The molecule has 0 aliphatic rings. The number of aromatic nitrogens is 1. The predicted molar refractivity (Wildman–Crippen MR) is 84.5 cm³/mol. The molecule has 0 aliphatic carbocycles. The van der Waals surface area contributed by atoms with Gasteiger partial charge in [-0.15, -0.1) is 0 Å². The first-order valence-corrected chi connectivity index (χ1v) is 8.56. The first kappa shape index (κ1) is 18.2. The molecular formula is C15H7ClF3NO5S. The van der Waals surface area contributed by atoms with Crippen LogP contribution in [0.4, 0.5) is 13.2 Å². The van der Waals surface area contributed by atoms with E-state index in [0.717, 1.165) is 30.5 Å². The molecule has 0 spiro atoms. The van der Waals surface area contributed by atoms with E-state index in [1.165, 1.54) is 6.07 Å². The van der Waals surface area contributed by atoms with Crippen molar-refractivity contribution in [1.29, 1.82) is 0 Å². The molecule has 0 unspecified atom stereocenters. The molecule has 0 fully saturated rings. The van der Waals surface area contributed by atoms with Crippen LogP contribution in [0.2, 0.25) is 5.15 Å². The van der Waals surface area contributed by atoms with Crippen LogP contribution in [-0.2, 0) is 16.3 Å². The highest BCUT2D eigenvalue weighted by atomic mass is 35.5. The maximum absolute atomic E-state index is 13.0. The topological polar surface area (TPSA) is 86.5 Å². The fraction of sp³-hybridized carbons (Fsp3) is 0.0667. The zero-order valence-electron chi connectivity index (χ0n) is 12.5. The molecule has 0 radical (unpaired) electrons. The molecule has 0 saturated carbocycles. The van der Waals surface area contributed by atoms with E-state index in [0.29, 0.717) is 6.07 Å². The third-order valence-electron chi connectivity index (χ3n) is 3.22. The highest BCUT2D eigenvalue weighted by Crippen LogP contribution is 2.35. The number of fused-ring (bicyclic) bond motifs is 1. The monoisotopic (exact) mass is 405 g/mol. The van der Waals surface area contributed by atoms with Crippen molar-refractivity contribution in [2.75, 3.05) is 0 Å². The zero-order valence-corrected chi connectivity index (χ0v) is 14.0. The lowest BCUT2D eigenvalue weighted by Gasteiger charge is -2.10. The van der Waals surface area contributed by atoms with Crippen LogP contribution in [0, 0.1) is 0 Å². The maximum atomic E-state index is 13.0. The van der Waals surface area contributed by atoms with Crippen LogP contribution >= 0.6 is 11.6 Å². The van der Waals surface area contributed by atoms with Crippen molar-refractivity contribution in [2.24, 2.45) is 0 Å². The quantitative estimate of drug-likeness (QED) is 0.376. The first-order chi connectivity index (χ1) is 12.1. The highest BCUT2D eigenvalue weighted by Gasteiger charge is 2.34. The van der Waals surface area contributed by atoms with Gasteiger partial charge in [0.1, 0.15) is 21.4 Å². The van der Waals surface area contributed by atoms with Crippen LogP contribution < -0.4 is 9.81 Å². The lowest BCUT2D eigenvalue weighted by Crippen LogP contribution is -2.12. The number of alkyl halides is 3. The number of nitrogens with zero attached hydrogens (tertiary/aromatic N) is 1. The van der Waals surface area contributed by atoms with E-state index >= 15 is 0 Å². The van der Waals surface area contributed by atoms with E-state index in [1.807, 2.05) is 0 Å². The summed E-state index contributed by atoms with van der Waals surface area (Å²) in [6.45, 7) is 0. The van der Waals surface area contributed by atoms with Gasteiger partial charge >= 0.3 is 21.9 Å². The zero-order chi connectivity index (χ0) is 19.1. The average Bonchev–Trinajstić information content (AvgIpc) is 2.53. The number of pyridine rings is 1. The van der Waals surface area contributed by atoms with E-state index < -0.39 is 38.5 Å². The molecule has 0 amide bonds. The number of hydrogen-bond acceptors (Lipinski definition) is 6. The summed E-state index contributed by atoms with van der Waals surface area (Å²) in [5.74, 6) is -0.338. The fourth-order valence-corrected chi connectivity index (χ4v) is 3.10. The van der Waals surface area contributed by atoms with Crippen LogP contribution in [0.3, 0.4) is 0 Å². The van der Waals surface area contributed by atoms with E-state index in [-0.39, 0.29) is 15.8 Å². The van der Waals surface area contributed by atoms with Crippen LogP contribution in [-0.4, -0.2) is 13.4 Å². The molecule has 0 atom stereocenters. The van der Waals surface area contributed by atoms with Gasteiger partial charge in [-0.2, -0.15) is 21.6 Å². The Labute approximate surface area is 148 Å². The van der Waals surface area contributed by atoms with Gasteiger partial charge in [-0.1, -0.05) is 11.6 Å². The number of rotatable bonds is 3. The van der Waals surface area contributed by atoms with Crippen LogP contribution in [0.15, 0.2) is 56.7 Å². The predicted octanol–water partition coefficient (Wildman–Crippen LogP) is 3.63. The van der Waals surface area contributed by atoms with Gasteiger partial charge in [0.25, 0.3) is 0 Å². The molecule has 6 nitrogen and oxygen atoms in total. The first-order valence-electron chi connectivity index (χ1n) is 6.77. The Bertz CT molecular complexity index is 1140. The largest absolute Gasteiger partial charge is 0.423 e. The van der Waals surface area contributed by atoms with E-state index in [4.69, 9.17) is 20.2 Å². The van der Waals surface area contributed by atoms with Crippen molar-refractivity contribution in [3.8, 4) is 5.75 Å². The molecule has 136 valence electrons. The standard InChI is InChI=1S/C15H7ClF3NO5S/c16-13-4-2-9(7-20-13)26(22,23)25-8-1-3-10-11(15(17,18)19)6-14(21)24-12(10)5-8/h1-7H.